The lowest BCUT2D eigenvalue weighted by atomic mass is 10.1. The smallest absolute Gasteiger partial charge is 0.355 e. The maximum Gasteiger partial charge on any atom is 0.355 e. The zero-order valence-electron chi connectivity index (χ0n) is 23.5. The van der Waals surface area contributed by atoms with E-state index in [0.29, 0.717) is 25.0 Å². The fraction of sp³-hybridized carbons (Fsp3) is 0.276. The molecule has 0 spiro atoms. The van der Waals surface area contributed by atoms with E-state index in [1.807, 2.05) is 11.8 Å². The Morgan fingerprint density at radius 2 is 1.98 bits per heavy atom. The number of carbonyl (C=O) groups excluding carboxylic acids is 1. The molecule has 0 radical (unpaired) electrons. The summed E-state index contributed by atoms with van der Waals surface area (Å²) in [5, 5.41) is -0.860. The number of halogens is 2. The Morgan fingerprint density at radius 1 is 1.20 bits per heavy atom. The number of rotatable bonds is 6. The second-order valence-electron chi connectivity index (χ2n) is 10.5. The summed E-state index contributed by atoms with van der Waals surface area (Å²) < 4.78 is 48.3. The molecular formula is C29H27ClFN7O5S. The minimum absolute atomic E-state index is 0.00598. The van der Waals surface area contributed by atoms with Gasteiger partial charge in [-0.3, -0.25) is 4.79 Å². The second-order valence-corrected chi connectivity index (χ2v) is 13.1. The Kier molecular flexibility index (Phi) is 7.59. The van der Waals surface area contributed by atoms with Gasteiger partial charge in [0.1, 0.15) is 16.9 Å². The van der Waals surface area contributed by atoms with E-state index in [2.05, 4.69) is 21.5 Å². The van der Waals surface area contributed by atoms with Crippen LogP contribution in [0.2, 0.25) is 5.02 Å². The molecule has 12 nitrogen and oxygen atoms in total. The van der Waals surface area contributed by atoms with E-state index in [-0.39, 0.29) is 69.3 Å². The average Bonchev–Trinajstić information content (AvgIpc) is 2.96. The Labute approximate surface area is 256 Å². The molecule has 2 aliphatic heterocycles. The summed E-state index contributed by atoms with van der Waals surface area (Å²) in [6.07, 6.45) is 2.55. The third kappa shape index (κ3) is 4.88. The van der Waals surface area contributed by atoms with E-state index in [0.717, 1.165) is 4.57 Å². The van der Waals surface area contributed by atoms with Gasteiger partial charge in [-0.05, 0) is 43.3 Å². The molecule has 4 aromatic rings. The summed E-state index contributed by atoms with van der Waals surface area (Å²) in [7, 11) is -4.02. The van der Waals surface area contributed by atoms with Crippen molar-refractivity contribution in [3.05, 3.63) is 76.6 Å². The lowest BCUT2D eigenvalue weighted by Gasteiger charge is -2.40. The van der Waals surface area contributed by atoms with Gasteiger partial charge in [-0.25, -0.2) is 32.1 Å². The summed E-state index contributed by atoms with van der Waals surface area (Å²) in [5.41, 5.74) is 5.11. The number of sulfone groups is 1. The lowest BCUT2D eigenvalue weighted by molar-refractivity contribution is -0.126. The van der Waals surface area contributed by atoms with E-state index in [1.54, 1.807) is 4.90 Å². The van der Waals surface area contributed by atoms with Gasteiger partial charge < -0.3 is 20.3 Å². The highest BCUT2D eigenvalue weighted by Gasteiger charge is 2.38. The first-order valence-electron chi connectivity index (χ1n) is 13.7. The maximum absolute atomic E-state index is 15.1. The van der Waals surface area contributed by atoms with Gasteiger partial charge in [0, 0.05) is 37.6 Å². The number of pyridine rings is 2. The van der Waals surface area contributed by atoms with Gasteiger partial charge in [-0.1, -0.05) is 24.2 Å². The van der Waals surface area contributed by atoms with Gasteiger partial charge in [0.25, 0.3) is 0 Å². The first kappa shape index (κ1) is 29.7. The molecule has 2 fully saturated rings. The number of amides is 1. The lowest BCUT2D eigenvalue weighted by Crippen LogP contribution is -2.54. The van der Waals surface area contributed by atoms with Crippen molar-refractivity contribution >= 4 is 49.9 Å². The van der Waals surface area contributed by atoms with Crippen molar-refractivity contribution in [2.75, 3.05) is 43.5 Å². The van der Waals surface area contributed by atoms with Gasteiger partial charge in [0.2, 0.25) is 15.7 Å². The number of piperazine rings is 1. The zero-order valence-corrected chi connectivity index (χ0v) is 25.1. The molecule has 1 amide bonds. The Bertz CT molecular complexity index is 1980. The third-order valence-corrected chi connectivity index (χ3v) is 10.1. The van der Waals surface area contributed by atoms with E-state index in [1.165, 1.54) is 48.7 Å². The Hall–Kier alpha value is -4.40. The molecular weight excluding hydrogens is 613 g/mol. The molecule has 5 heterocycles. The first-order valence-corrected chi connectivity index (χ1v) is 15.6. The van der Waals surface area contributed by atoms with Crippen LogP contribution in [0.25, 0.3) is 28.0 Å². The summed E-state index contributed by atoms with van der Waals surface area (Å²) in [6, 6.07) is 8.27. The molecule has 44 heavy (non-hydrogen) atoms. The molecule has 0 bridgehead atoms. The van der Waals surface area contributed by atoms with E-state index >= 15 is 4.39 Å². The van der Waals surface area contributed by atoms with Crippen molar-refractivity contribution in [1.29, 1.82) is 0 Å². The number of benzene rings is 1. The van der Waals surface area contributed by atoms with Crippen LogP contribution < -0.4 is 16.3 Å². The van der Waals surface area contributed by atoms with Crippen LogP contribution in [-0.2, 0) is 19.4 Å². The number of anilines is 2. The molecule has 2 N–H and O–H groups in total. The van der Waals surface area contributed by atoms with Crippen LogP contribution >= 0.6 is 11.6 Å². The van der Waals surface area contributed by atoms with E-state index < -0.39 is 26.6 Å². The number of nitrogen functional groups attached to an aromatic ring is 1. The van der Waals surface area contributed by atoms with Crippen molar-refractivity contribution in [3.63, 3.8) is 0 Å². The number of ether oxygens (including phenoxy) is 1. The number of fused-ring (bicyclic) bond motifs is 1. The normalized spacial score (nSPS) is 17.5. The van der Waals surface area contributed by atoms with Gasteiger partial charge in [-0.2, -0.15) is 4.98 Å². The summed E-state index contributed by atoms with van der Waals surface area (Å²) in [5.74, 6) is -0.681. The molecule has 2 aliphatic rings. The summed E-state index contributed by atoms with van der Waals surface area (Å²) in [4.78, 5) is 42.9. The standard InChI is InChI=1S/C29H27ClFN7O5S/c1-3-23(39)36-10-11-37(16(2)13-36)26-18-12-19(30)25(24-20(31)6-4-7-21(24)32)34-27(18)38(29(40)35-26)22-8-5-9-33-28(22)44(41,42)17-14-43-15-17/h3-9,12,16-17H,1,10-11,13-15,32H2,2H3/t16-/m0/s1. The average molecular weight is 640 g/mol. The van der Waals surface area contributed by atoms with Crippen molar-refractivity contribution < 1.29 is 22.3 Å². The maximum atomic E-state index is 15.1. The van der Waals surface area contributed by atoms with Crippen LogP contribution in [0, 0.1) is 5.82 Å². The zero-order chi connectivity index (χ0) is 31.3. The number of hydrogen-bond acceptors (Lipinski definition) is 10. The van der Waals surface area contributed by atoms with Gasteiger partial charge in [-0.15, -0.1) is 0 Å². The molecule has 0 unspecified atom stereocenters. The second kappa shape index (κ2) is 11.3. The molecule has 228 valence electrons. The van der Waals surface area contributed by atoms with Gasteiger partial charge in [0.15, 0.2) is 10.7 Å². The highest BCUT2D eigenvalue weighted by atomic mass is 35.5. The number of nitrogens with two attached hydrogens (primary N) is 1. The van der Waals surface area contributed by atoms with Crippen molar-refractivity contribution in [3.8, 4) is 16.9 Å². The fourth-order valence-electron chi connectivity index (χ4n) is 5.43. The van der Waals surface area contributed by atoms with Crippen molar-refractivity contribution in [2.45, 2.75) is 23.2 Å². The van der Waals surface area contributed by atoms with Gasteiger partial charge >= 0.3 is 5.69 Å². The minimum atomic E-state index is -4.02. The summed E-state index contributed by atoms with van der Waals surface area (Å²) >= 11 is 6.72. The quantitative estimate of drug-likeness (QED) is 0.246. The number of carbonyl (C=O) groups is 1. The number of hydrogen-bond donors (Lipinski definition) is 1. The molecule has 3 aromatic heterocycles. The highest BCUT2D eigenvalue weighted by Crippen LogP contribution is 2.38. The van der Waals surface area contributed by atoms with Crippen LogP contribution in [0.3, 0.4) is 0 Å². The largest absolute Gasteiger partial charge is 0.398 e. The van der Waals surface area contributed by atoms with Gasteiger partial charge in [0.05, 0.1) is 40.6 Å². The van der Waals surface area contributed by atoms with E-state index in [4.69, 9.17) is 22.1 Å². The van der Waals surface area contributed by atoms with Crippen LogP contribution in [0.4, 0.5) is 15.9 Å². The molecule has 1 atom stereocenters. The molecule has 0 aliphatic carbocycles. The van der Waals surface area contributed by atoms with Crippen LogP contribution in [-0.4, -0.2) is 82.9 Å². The molecule has 0 saturated carbocycles. The first-order chi connectivity index (χ1) is 21.0. The third-order valence-electron chi connectivity index (χ3n) is 7.78. The molecule has 1 aromatic carbocycles. The summed E-state index contributed by atoms with van der Waals surface area (Å²) in [6.45, 7) is 6.40. The van der Waals surface area contributed by atoms with E-state index in [9.17, 15) is 18.0 Å². The monoisotopic (exact) mass is 639 g/mol. The molecule has 15 heteroatoms. The molecule has 6 rings (SSSR count). The van der Waals surface area contributed by atoms with Crippen LogP contribution in [0.15, 0.2) is 65.1 Å². The van der Waals surface area contributed by atoms with Crippen molar-refractivity contribution in [2.24, 2.45) is 0 Å². The minimum Gasteiger partial charge on any atom is -0.398 e. The predicted octanol–water partition coefficient (Wildman–Crippen LogP) is 2.61. The number of aromatic nitrogens is 4. The Balaban J connectivity index is 1.63. The topological polar surface area (TPSA) is 154 Å². The van der Waals surface area contributed by atoms with Crippen LogP contribution in [0.1, 0.15) is 6.92 Å². The van der Waals surface area contributed by atoms with Crippen molar-refractivity contribution in [1.82, 2.24) is 24.4 Å². The highest BCUT2D eigenvalue weighted by molar-refractivity contribution is 7.92. The number of nitrogens with zero attached hydrogens (tertiary/aromatic N) is 6. The molecule has 2 saturated heterocycles. The SMILES string of the molecule is C=CC(=O)N1CCN(c2nc(=O)n(-c3cccnc3S(=O)(=O)C3COC3)c3nc(-c4c(N)cccc4F)c(Cl)cc23)[C@@H](C)C1. The van der Waals surface area contributed by atoms with Crippen LogP contribution in [0.5, 0.6) is 0 Å². The Morgan fingerprint density at radius 3 is 2.64 bits per heavy atom. The predicted molar refractivity (Wildman–Crippen MR) is 163 cm³/mol. The fourth-order valence-corrected chi connectivity index (χ4v) is 7.20.